The topological polar surface area (TPSA) is 155 Å². The number of phosphoric acid groups is 1. The van der Waals surface area contributed by atoms with Crippen molar-refractivity contribution < 1.29 is 42.7 Å². The Kier molecular flexibility index (Phi) is 45.8. The molecule has 0 aliphatic carbocycles. The molecule has 364 valence electrons. The number of carboxylic acid groups (broad SMARTS) is 1. The van der Waals surface area contributed by atoms with Crippen LogP contribution in [0.1, 0.15) is 239 Å². The van der Waals surface area contributed by atoms with Gasteiger partial charge in [-0.15, -0.1) is 0 Å². The van der Waals surface area contributed by atoms with Gasteiger partial charge < -0.3 is 25.2 Å². The second-order valence-corrected chi connectivity index (χ2v) is 18.8. The smallest absolute Gasteiger partial charge is 0.472 e. The Morgan fingerprint density at radius 3 is 1.32 bits per heavy atom. The quantitative estimate of drug-likeness (QED) is 0.0233. The third-order valence-electron chi connectivity index (χ3n) is 11.2. The number of rotatable bonds is 49. The Morgan fingerprint density at radius 2 is 0.887 bits per heavy atom. The molecule has 0 saturated carbocycles. The van der Waals surface area contributed by atoms with E-state index in [1.54, 1.807) is 0 Å². The fourth-order valence-corrected chi connectivity index (χ4v) is 7.98. The second kappa shape index (κ2) is 47.2. The number of ether oxygens (including phenoxy) is 2. The molecule has 3 unspecified atom stereocenters. The van der Waals surface area contributed by atoms with Gasteiger partial charge in [0.15, 0.2) is 0 Å². The average molecular weight is 898 g/mol. The summed E-state index contributed by atoms with van der Waals surface area (Å²) in [6, 6.07) is -1.47. The van der Waals surface area contributed by atoms with Gasteiger partial charge >= 0.3 is 19.8 Å². The number of hydrogen-bond acceptors (Lipinski definition) is 8. The summed E-state index contributed by atoms with van der Waals surface area (Å²) in [7, 11) is -4.62. The van der Waals surface area contributed by atoms with Crippen LogP contribution < -0.4 is 5.73 Å². The van der Waals surface area contributed by atoms with E-state index in [-0.39, 0.29) is 13.0 Å². The molecule has 0 saturated heterocycles. The Morgan fingerprint density at radius 1 is 0.516 bits per heavy atom. The molecule has 0 amide bonds. The van der Waals surface area contributed by atoms with Gasteiger partial charge in [-0.2, -0.15) is 0 Å². The van der Waals surface area contributed by atoms with Gasteiger partial charge in [0.2, 0.25) is 0 Å². The van der Waals surface area contributed by atoms with Crippen LogP contribution >= 0.6 is 7.82 Å². The maximum atomic E-state index is 12.7. The van der Waals surface area contributed by atoms with Crippen molar-refractivity contribution >= 4 is 19.8 Å². The zero-order valence-electron chi connectivity index (χ0n) is 40.0. The van der Waals surface area contributed by atoms with Crippen molar-refractivity contribution in [2.24, 2.45) is 5.73 Å². The lowest BCUT2D eigenvalue weighted by atomic mass is 10.0. The number of aliphatic carboxylic acids is 1. The van der Waals surface area contributed by atoms with Crippen LogP contribution in [0.15, 0.2) is 36.5 Å². The minimum Gasteiger partial charge on any atom is -0.480 e. The molecule has 0 rings (SSSR count). The molecule has 0 spiro atoms. The summed E-state index contributed by atoms with van der Waals surface area (Å²) in [6.45, 7) is 3.89. The van der Waals surface area contributed by atoms with E-state index >= 15 is 0 Å². The van der Waals surface area contributed by atoms with Crippen molar-refractivity contribution in [3.8, 4) is 0 Å². The number of carbonyl (C=O) groups is 2. The first-order chi connectivity index (χ1) is 30.2. The van der Waals surface area contributed by atoms with Crippen LogP contribution in [0.2, 0.25) is 0 Å². The standard InChI is InChI=1S/C51H96NO9P/c1-3-5-7-9-11-13-15-17-19-21-22-23-24-25-26-27-28-30-32-34-36-38-40-42-44-58-45-48(46-59-62(56,57)60-47-49(52)51(54)55)61-50(53)43-41-39-37-35-33-31-29-20-18-16-14-12-10-8-6-4-2/h15,17,21-22,24-25,48-49H,3-14,16,18-20,23,26-47,52H2,1-2H3,(H,54,55)(H,56,57)/b17-15-,22-21-,25-24-. The number of allylic oxidation sites excluding steroid dienone is 6. The van der Waals surface area contributed by atoms with Gasteiger partial charge in [-0.3, -0.25) is 18.6 Å². The molecule has 0 aromatic rings. The largest absolute Gasteiger partial charge is 0.480 e. The first kappa shape index (κ1) is 60.2. The summed E-state index contributed by atoms with van der Waals surface area (Å²) < 4.78 is 33.5. The van der Waals surface area contributed by atoms with Crippen LogP contribution in [-0.2, 0) is 32.7 Å². The van der Waals surface area contributed by atoms with Crippen LogP contribution in [0.4, 0.5) is 0 Å². The molecule has 0 aliphatic heterocycles. The molecule has 0 fully saturated rings. The highest BCUT2D eigenvalue weighted by Gasteiger charge is 2.27. The van der Waals surface area contributed by atoms with Gasteiger partial charge in [0, 0.05) is 13.0 Å². The van der Waals surface area contributed by atoms with Crippen molar-refractivity contribution in [2.75, 3.05) is 26.4 Å². The molecular formula is C51H96NO9P. The molecule has 4 N–H and O–H groups in total. The molecule has 3 atom stereocenters. The van der Waals surface area contributed by atoms with E-state index in [1.807, 2.05) is 0 Å². The summed E-state index contributed by atoms with van der Waals surface area (Å²) >= 11 is 0. The van der Waals surface area contributed by atoms with E-state index in [2.05, 4.69) is 50.3 Å². The Bertz CT molecular complexity index is 1130. The Hall–Kier alpha value is -1.81. The number of esters is 1. The summed E-state index contributed by atoms with van der Waals surface area (Å²) in [5.41, 5.74) is 5.37. The van der Waals surface area contributed by atoms with Gasteiger partial charge in [-0.25, -0.2) is 4.57 Å². The molecule has 0 heterocycles. The number of nitrogens with two attached hydrogens (primary N) is 1. The molecule has 10 nitrogen and oxygen atoms in total. The van der Waals surface area contributed by atoms with Crippen LogP contribution in [0.5, 0.6) is 0 Å². The van der Waals surface area contributed by atoms with E-state index in [0.717, 1.165) is 51.4 Å². The lowest BCUT2D eigenvalue weighted by Gasteiger charge is -2.20. The van der Waals surface area contributed by atoms with Crippen molar-refractivity contribution in [3.05, 3.63) is 36.5 Å². The normalized spacial score (nSPS) is 14.0. The maximum absolute atomic E-state index is 12.7. The minimum absolute atomic E-state index is 0.0161. The van der Waals surface area contributed by atoms with Gasteiger partial charge in [-0.1, -0.05) is 217 Å². The third-order valence-corrected chi connectivity index (χ3v) is 12.1. The summed E-state index contributed by atoms with van der Waals surface area (Å²) in [5.74, 6) is -1.77. The molecule has 0 bridgehead atoms. The first-order valence-electron chi connectivity index (χ1n) is 25.5. The molecule has 0 aromatic carbocycles. The number of carboxylic acids is 1. The van der Waals surface area contributed by atoms with Crippen LogP contribution in [0.25, 0.3) is 0 Å². The Labute approximate surface area is 380 Å². The highest BCUT2D eigenvalue weighted by molar-refractivity contribution is 7.47. The first-order valence-corrected chi connectivity index (χ1v) is 27.0. The molecule has 11 heteroatoms. The zero-order valence-corrected chi connectivity index (χ0v) is 40.9. The number of phosphoric ester groups is 1. The predicted octanol–water partition coefficient (Wildman–Crippen LogP) is 14.8. The minimum atomic E-state index is -4.62. The Balaban J connectivity index is 4.12. The van der Waals surface area contributed by atoms with Gasteiger partial charge in [0.1, 0.15) is 12.1 Å². The molecule has 0 aromatic heterocycles. The summed E-state index contributed by atoms with van der Waals surface area (Å²) in [4.78, 5) is 33.7. The van der Waals surface area contributed by atoms with E-state index in [0.29, 0.717) is 13.0 Å². The monoisotopic (exact) mass is 898 g/mol. The van der Waals surface area contributed by atoms with Crippen molar-refractivity contribution in [1.82, 2.24) is 0 Å². The maximum Gasteiger partial charge on any atom is 0.472 e. The SMILES string of the molecule is CCCCCCC/C=C\C/C=C\C/C=C\CCCCCCCCCCCOCC(COP(=O)(O)OCC(N)C(=O)O)OC(=O)CCCCCCCCCCCCCCCCCC. The molecule has 0 radical (unpaired) electrons. The number of hydrogen-bond donors (Lipinski definition) is 3. The van der Waals surface area contributed by atoms with E-state index in [4.69, 9.17) is 29.4 Å². The molecular weight excluding hydrogens is 802 g/mol. The van der Waals surface area contributed by atoms with Crippen LogP contribution in [-0.4, -0.2) is 60.5 Å². The molecule has 62 heavy (non-hydrogen) atoms. The van der Waals surface area contributed by atoms with E-state index < -0.39 is 45.1 Å². The lowest BCUT2D eigenvalue weighted by molar-refractivity contribution is -0.154. The van der Waals surface area contributed by atoms with Crippen molar-refractivity contribution in [2.45, 2.75) is 251 Å². The summed E-state index contributed by atoms with van der Waals surface area (Å²) in [6.07, 6.45) is 54.8. The lowest BCUT2D eigenvalue weighted by Crippen LogP contribution is -2.34. The van der Waals surface area contributed by atoms with Crippen LogP contribution in [0, 0.1) is 0 Å². The predicted molar refractivity (Wildman–Crippen MR) is 258 cm³/mol. The third kappa shape index (κ3) is 46.2. The number of carbonyl (C=O) groups excluding carboxylic acids is 1. The van der Waals surface area contributed by atoms with Gasteiger partial charge in [0.25, 0.3) is 0 Å². The zero-order chi connectivity index (χ0) is 45.5. The fourth-order valence-electron chi connectivity index (χ4n) is 7.20. The fraction of sp³-hybridized carbons (Fsp3) is 0.843. The highest BCUT2D eigenvalue weighted by Crippen LogP contribution is 2.43. The summed E-state index contributed by atoms with van der Waals surface area (Å²) in [5, 5.41) is 8.92. The van der Waals surface area contributed by atoms with Crippen molar-refractivity contribution in [3.63, 3.8) is 0 Å². The van der Waals surface area contributed by atoms with Crippen LogP contribution in [0.3, 0.4) is 0 Å². The van der Waals surface area contributed by atoms with Gasteiger partial charge in [0.05, 0.1) is 19.8 Å². The van der Waals surface area contributed by atoms with Crippen molar-refractivity contribution in [1.29, 1.82) is 0 Å². The van der Waals surface area contributed by atoms with E-state index in [9.17, 15) is 19.0 Å². The molecule has 0 aliphatic rings. The van der Waals surface area contributed by atoms with E-state index in [1.165, 1.54) is 161 Å². The average Bonchev–Trinajstić information content (AvgIpc) is 3.25. The van der Waals surface area contributed by atoms with Gasteiger partial charge in [-0.05, 0) is 51.4 Å². The number of unbranched alkanes of at least 4 members (excludes halogenated alkanes) is 29. The highest BCUT2D eigenvalue weighted by atomic mass is 31.2. The second-order valence-electron chi connectivity index (χ2n) is 17.3.